The van der Waals surface area contributed by atoms with Gasteiger partial charge in [-0.2, -0.15) is 0 Å². The second-order valence-electron chi connectivity index (χ2n) is 5.81. The number of amides is 1. The lowest BCUT2D eigenvalue weighted by Crippen LogP contribution is -2.42. The van der Waals surface area contributed by atoms with Crippen LogP contribution in [0.2, 0.25) is 0 Å². The molecule has 0 saturated heterocycles. The summed E-state index contributed by atoms with van der Waals surface area (Å²) >= 11 is 0. The average Bonchev–Trinajstić information content (AvgIpc) is 2.99. The van der Waals surface area contributed by atoms with Crippen molar-refractivity contribution in [3.63, 3.8) is 0 Å². The normalized spacial score (nSPS) is 31.2. The van der Waals surface area contributed by atoms with Crippen molar-refractivity contribution in [2.45, 2.75) is 25.3 Å². The van der Waals surface area contributed by atoms with Crippen LogP contribution < -0.4 is 11.1 Å². The van der Waals surface area contributed by atoms with Crippen LogP contribution in [-0.4, -0.2) is 23.0 Å². The zero-order valence-electron chi connectivity index (χ0n) is 11.1. The van der Waals surface area contributed by atoms with E-state index in [0.29, 0.717) is 17.5 Å². The van der Waals surface area contributed by atoms with Crippen molar-refractivity contribution in [3.8, 4) is 0 Å². The summed E-state index contributed by atoms with van der Waals surface area (Å²) in [5.74, 6) is -0.356. The lowest BCUT2D eigenvalue weighted by molar-refractivity contribution is -0.121. The molecule has 20 heavy (non-hydrogen) atoms. The Labute approximate surface area is 117 Å². The van der Waals surface area contributed by atoms with E-state index in [0.717, 1.165) is 19.3 Å². The van der Waals surface area contributed by atoms with Crippen LogP contribution in [0.1, 0.15) is 29.6 Å². The number of carbonyl (C=O) groups is 2. The maximum atomic E-state index is 12.4. The quantitative estimate of drug-likeness (QED) is 0.782. The molecule has 0 aromatic heterocycles. The summed E-state index contributed by atoms with van der Waals surface area (Å²) in [4.78, 5) is 23.3. The molecule has 4 N–H and O–H groups in total. The molecule has 2 fully saturated rings. The summed E-state index contributed by atoms with van der Waals surface area (Å²) < 4.78 is 0. The molecule has 5 heteroatoms. The van der Waals surface area contributed by atoms with Gasteiger partial charge in [0.15, 0.2) is 0 Å². The van der Waals surface area contributed by atoms with Crippen LogP contribution in [0.5, 0.6) is 0 Å². The summed E-state index contributed by atoms with van der Waals surface area (Å²) in [6.45, 7) is 0. The fraction of sp³-hybridized carbons (Fsp3) is 0.467. The van der Waals surface area contributed by atoms with E-state index in [2.05, 4.69) is 5.32 Å². The molecule has 2 bridgehead atoms. The molecule has 0 radical (unpaired) electrons. The monoisotopic (exact) mass is 274 g/mol. The van der Waals surface area contributed by atoms with Crippen LogP contribution in [0, 0.1) is 17.8 Å². The molecule has 0 aliphatic heterocycles. The molecule has 2 saturated carbocycles. The Balaban J connectivity index is 1.73. The van der Waals surface area contributed by atoms with E-state index >= 15 is 0 Å². The molecule has 3 rings (SSSR count). The summed E-state index contributed by atoms with van der Waals surface area (Å²) in [7, 11) is 0. The highest BCUT2D eigenvalue weighted by molar-refractivity contribution is 5.95. The Kier molecular flexibility index (Phi) is 3.22. The van der Waals surface area contributed by atoms with Crippen molar-refractivity contribution in [3.05, 3.63) is 29.8 Å². The van der Waals surface area contributed by atoms with Crippen molar-refractivity contribution in [2.75, 3.05) is 5.32 Å². The van der Waals surface area contributed by atoms with Gasteiger partial charge in [-0.05, 0) is 49.3 Å². The highest BCUT2D eigenvalue weighted by Gasteiger charge is 2.49. The van der Waals surface area contributed by atoms with Crippen molar-refractivity contribution in [1.29, 1.82) is 0 Å². The summed E-state index contributed by atoms with van der Waals surface area (Å²) in [5, 5.41) is 11.8. The molecule has 1 amide bonds. The number of hydrogen-bond donors (Lipinski definition) is 3. The Morgan fingerprint density at radius 2 is 2.00 bits per heavy atom. The highest BCUT2D eigenvalue weighted by Crippen LogP contribution is 2.47. The molecular formula is C15H18N2O3. The molecule has 4 atom stereocenters. The topological polar surface area (TPSA) is 92.4 Å². The fourth-order valence-corrected chi connectivity index (χ4v) is 3.68. The SMILES string of the molecule is NC1C2CCC(C2)C1C(=O)Nc1cccc(C(=O)O)c1. The molecular weight excluding hydrogens is 256 g/mol. The van der Waals surface area contributed by atoms with Crippen LogP contribution in [0.15, 0.2) is 24.3 Å². The van der Waals surface area contributed by atoms with E-state index in [9.17, 15) is 9.59 Å². The third kappa shape index (κ3) is 2.18. The number of carboxylic acid groups (broad SMARTS) is 1. The third-order valence-electron chi connectivity index (χ3n) is 4.66. The average molecular weight is 274 g/mol. The number of aromatic carboxylic acids is 1. The Morgan fingerprint density at radius 3 is 2.65 bits per heavy atom. The van der Waals surface area contributed by atoms with Crippen molar-refractivity contribution >= 4 is 17.6 Å². The first-order valence-corrected chi connectivity index (χ1v) is 6.96. The van der Waals surface area contributed by atoms with Gasteiger partial charge in [-0.3, -0.25) is 4.79 Å². The molecule has 0 heterocycles. The predicted octanol–water partition coefficient (Wildman–Crippen LogP) is 1.70. The summed E-state index contributed by atoms with van der Waals surface area (Å²) in [5.41, 5.74) is 6.83. The van der Waals surface area contributed by atoms with Crippen LogP contribution in [0.3, 0.4) is 0 Å². The lowest BCUT2D eigenvalue weighted by atomic mass is 9.84. The molecule has 1 aromatic rings. The van der Waals surface area contributed by atoms with Gasteiger partial charge in [0.2, 0.25) is 5.91 Å². The molecule has 2 aliphatic carbocycles. The van der Waals surface area contributed by atoms with Gasteiger partial charge in [-0.15, -0.1) is 0 Å². The van der Waals surface area contributed by atoms with Crippen LogP contribution in [-0.2, 0) is 4.79 Å². The predicted molar refractivity (Wildman–Crippen MR) is 74.3 cm³/mol. The maximum Gasteiger partial charge on any atom is 0.335 e. The van der Waals surface area contributed by atoms with E-state index in [1.54, 1.807) is 12.1 Å². The van der Waals surface area contributed by atoms with Crippen LogP contribution in [0.25, 0.3) is 0 Å². The first kappa shape index (κ1) is 13.1. The molecule has 1 aromatic carbocycles. The minimum Gasteiger partial charge on any atom is -0.478 e. The van der Waals surface area contributed by atoms with Gasteiger partial charge in [0.1, 0.15) is 0 Å². The number of nitrogens with one attached hydrogen (secondary N) is 1. The standard InChI is InChI=1S/C15H18N2O3/c16-13-9-5-4-8(6-9)12(13)14(18)17-11-3-1-2-10(7-11)15(19)20/h1-3,7-9,12-13H,4-6,16H2,(H,17,18)(H,19,20). The molecule has 106 valence electrons. The van der Waals surface area contributed by atoms with Gasteiger partial charge in [0, 0.05) is 11.7 Å². The molecule has 0 spiro atoms. The number of anilines is 1. The van der Waals surface area contributed by atoms with E-state index in [-0.39, 0.29) is 23.4 Å². The van der Waals surface area contributed by atoms with Crippen molar-refractivity contribution in [2.24, 2.45) is 23.5 Å². The molecule has 5 nitrogen and oxygen atoms in total. The van der Waals surface area contributed by atoms with Crippen molar-refractivity contribution in [1.82, 2.24) is 0 Å². The largest absolute Gasteiger partial charge is 0.478 e. The van der Waals surface area contributed by atoms with Gasteiger partial charge in [-0.1, -0.05) is 6.07 Å². The first-order valence-electron chi connectivity index (χ1n) is 6.96. The van der Waals surface area contributed by atoms with Gasteiger partial charge in [0.25, 0.3) is 0 Å². The Morgan fingerprint density at radius 1 is 1.25 bits per heavy atom. The second-order valence-corrected chi connectivity index (χ2v) is 5.81. The fourth-order valence-electron chi connectivity index (χ4n) is 3.68. The Hall–Kier alpha value is -1.88. The van der Waals surface area contributed by atoms with Crippen molar-refractivity contribution < 1.29 is 14.7 Å². The smallest absolute Gasteiger partial charge is 0.335 e. The summed E-state index contributed by atoms with van der Waals surface area (Å²) in [6.07, 6.45) is 3.25. The minimum absolute atomic E-state index is 0.0589. The number of hydrogen-bond acceptors (Lipinski definition) is 3. The van der Waals surface area contributed by atoms with Gasteiger partial charge in [0.05, 0.1) is 11.5 Å². The maximum absolute atomic E-state index is 12.4. The third-order valence-corrected chi connectivity index (χ3v) is 4.66. The van der Waals surface area contributed by atoms with Gasteiger partial charge in [-0.25, -0.2) is 4.79 Å². The number of nitrogens with two attached hydrogens (primary N) is 1. The van der Waals surface area contributed by atoms with E-state index < -0.39 is 5.97 Å². The second kappa shape index (κ2) is 4.90. The first-order chi connectivity index (χ1) is 9.56. The van der Waals surface area contributed by atoms with Crippen LogP contribution in [0.4, 0.5) is 5.69 Å². The number of carboxylic acids is 1. The van der Waals surface area contributed by atoms with Gasteiger partial charge >= 0.3 is 5.97 Å². The minimum atomic E-state index is -1.00. The summed E-state index contributed by atoms with van der Waals surface area (Å²) in [6, 6.07) is 6.24. The Bertz CT molecular complexity index is 556. The lowest BCUT2D eigenvalue weighted by Gasteiger charge is -2.27. The zero-order chi connectivity index (χ0) is 14.3. The molecule has 2 aliphatic rings. The van der Waals surface area contributed by atoms with E-state index in [1.165, 1.54) is 12.1 Å². The number of carbonyl (C=O) groups excluding carboxylic acids is 1. The molecule has 4 unspecified atom stereocenters. The van der Waals surface area contributed by atoms with E-state index in [1.807, 2.05) is 0 Å². The zero-order valence-corrected chi connectivity index (χ0v) is 11.1. The van der Waals surface area contributed by atoms with E-state index in [4.69, 9.17) is 10.8 Å². The number of fused-ring (bicyclic) bond motifs is 2. The highest BCUT2D eigenvalue weighted by atomic mass is 16.4. The number of rotatable bonds is 3. The van der Waals surface area contributed by atoms with Crippen LogP contribution >= 0.6 is 0 Å². The number of benzene rings is 1. The van der Waals surface area contributed by atoms with Gasteiger partial charge < -0.3 is 16.2 Å².